The highest BCUT2D eigenvalue weighted by atomic mass is 32.2. The predicted octanol–water partition coefficient (Wildman–Crippen LogP) is 2.98. The molecular formula is C13H14O2S. The number of aliphatic hydroxyl groups excluding tert-OH is 1. The Morgan fingerprint density at radius 3 is 2.62 bits per heavy atom. The summed E-state index contributed by atoms with van der Waals surface area (Å²) in [6.45, 7) is 0. The molecule has 0 fully saturated rings. The number of rotatable bonds is 5. The van der Waals surface area contributed by atoms with Crippen molar-refractivity contribution in [1.29, 1.82) is 0 Å². The molecule has 0 radical (unpaired) electrons. The highest BCUT2D eigenvalue weighted by Crippen LogP contribution is 2.19. The number of hydrogen-bond donors (Lipinski definition) is 1. The normalized spacial score (nSPS) is 12.6. The predicted molar refractivity (Wildman–Crippen MR) is 65.6 cm³/mol. The first-order valence-electron chi connectivity index (χ1n) is 5.23. The summed E-state index contributed by atoms with van der Waals surface area (Å²) in [7, 11) is 0. The Labute approximate surface area is 99.3 Å². The Balaban J connectivity index is 1.78. The van der Waals surface area contributed by atoms with Crippen LogP contribution in [0.15, 0.2) is 58.0 Å². The molecular weight excluding hydrogens is 220 g/mol. The van der Waals surface area contributed by atoms with E-state index in [9.17, 15) is 5.11 Å². The van der Waals surface area contributed by atoms with Crippen molar-refractivity contribution in [2.24, 2.45) is 0 Å². The van der Waals surface area contributed by atoms with Crippen LogP contribution in [0.3, 0.4) is 0 Å². The minimum Gasteiger partial charge on any atom is -0.469 e. The smallest absolute Gasteiger partial charge is 0.106 e. The van der Waals surface area contributed by atoms with Gasteiger partial charge in [0.2, 0.25) is 0 Å². The number of hydrogen-bond acceptors (Lipinski definition) is 3. The lowest BCUT2D eigenvalue weighted by atomic mass is 10.2. The van der Waals surface area contributed by atoms with Gasteiger partial charge in [-0.3, -0.25) is 0 Å². The van der Waals surface area contributed by atoms with Gasteiger partial charge in [0.05, 0.1) is 12.4 Å². The molecule has 1 aromatic heterocycles. The van der Waals surface area contributed by atoms with Crippen LogP contribution in [0, 0.1) is 0 Å². The lowest BCUT2D eigenvalue weighted by Crippen LogP contribution is -2.12. The van der Waals surface area contributed by atoms with Gasteiger partial charge in [-0.25, -0.2) is 0 Å². The number of benzene rings is 1. The molecule has 1 N–H and O–H groups in total. The molecule has 0 aliphatic carbocycles. The van der Waals surface area contributed by atoms with Gasteiger partial charge in [-0.2, -0.15) is 0 Å². The van der Waals surface area contributed by atoms with Crippen molar-refractivity contribution in [2.45, 2.75) is 17.4 Å². The van der Waals surface area contributed by atoms with Crippen molar-refractivity contribution in [2.75, 3.05) is 5.75 Å². The van der Waals surface area contributed by atoms with Gasteiger partial charge in [-0.05, 0) is 24.3 Å². The van der Waals surface area contributed by atoms with E-state index in [2.05, 4.69) is 0 Å². The van der Waals surface area contributed by atoms with E-state index in [-0.39, 0.29) is 6.10 Å². The van der Waals surface area contributed by atoms with Crippen molar-refractivity contribution in [3.8, 4) is 0 Å². The second-order valence-corrected chi connectivity index (χ2v) is 4.65. The molecule has 2 rings (SSSR count). The Bertz CT molecular complexity index is 397. The summed E-state index contributed by atoms with van der Waals surface area (Å²) in [5.41, 5.74) is 0. The minimum atomic E-state index is -0.364. The summed E-state index contributed by atoms with van der Waals surface area (Å²) in [5.74, 6) is 1.52. The van der Waals surface area contributed by atoms with Gasteiger partial charge in [-0.1, -0.05) is 18.2 Å². The van der Waals surface area contributed by atoms with Crippen LogP contribution >= 0.6 is 11.8 Å². The molecule has 2 nitrogen and oxygen atoms in total. The summed E-state index contributed by atoms with van der Waals surface area (Å²) in [6.07, 6.45) is 1.84. The fourth-order valence-electron chi connectivity index (χ4n) is 1.43. The molecule has 1 heterocycles. The van der Waals surface area contributed by atoms with Crippen LogP contribution in [-0.4, -0.2) is 17.0 Å². The third-order valence-electron chi connectivity index (χ3n) is 2.20. The molecule has 2 aromatic rings. The molecule has 16 heavy (non-hydrogen) atoms. The van der Waals surface area contributed by atoms with E-state index >= 15 is 0 Å². The fourth-order valence-corrected chi connectivity index (χ4v) is 2.28. The average molecular weight is 234 g/mol. The molecule has 3 heteroatoms. The van der Waals surface area contributed by atoms with Crippen LogP contribution < -0.4 is 0 Å². The summed E-state index contributed by atoms with van der Waals surface area (Å²) in [5, 5.41) is 9.80. The first kappa shape index (κ1) is 11.3. The van der Waals surface area contributed by atoms with Gasteiger partial charge in [0, 0.05) is 17.1 Å². The Morgan fingerprint density at radius 2 is 1.94 bits per heavy atom. The van der Waals surface area contributed by atoms with Crippen LogP contribution in [0.5, 0.6) is 0 Å². The molecule has 0 bridgehead atoms. The zero-order valence-electron chi connectivity index (χ0n) is 8.87. The maximum absolute atomic E-state index is 9.80. The summed E-state index contributed by atoms with van der Waals surface area (Å²) in [4.78, 5) is 1.18. The first-order chi connectivity index (χ1) is 7.84. The van der Waals surface area contributed by atoms with E-state index < -0.39 is 0 Å². The van der Waals surface area contributed by atoms with Gasteiger partial charge < -0.3 is 9.52 Å². The maximum Gasteiger partial charge on any atom is 0.106 e. The third kappa shape index (κ3) is 3.43. The van der Waals surface area contributed by atoms with Crippen molar-refractivity contribution in [3.63, 3.8) is 0 Å². The van der Waals surface area contributed by atoms with E-state index in [0.29, 0.717) is 12.2 Å². The molecule has 0 saturated heterocycles. The van der Waals surface area contributed by atoms with Crippen molar-refractivity contribution in [1.82, 2.24) is 0 Å². The first-order valence-corrected chi connectivity index (χ1v) is 6.21. The second kappa shape index (κ2) is 5.77. The summed E-state index contributed by atoms with van der Waals surface area (Å²) in [6, 6.07) is 13.8. The van der Waals surface area contributed by atoms with Crippen molar-refractivity contribution in [3.05, 3.63) is 54.5 Å². The largest absolute Gasteiger partial charge is 0.469 e. The van der Waals surface area contributed by atoms with Gasteiger partial charge >= 0.3 is 0 Å². The van der Waals surface area contributed by atoms with Crippen LogP contribution in [0.4, 0.5) is 0 Å². The molecule has 0 saturated carbocycles. The van der Waals surface area contributed by atoms with E-state index in [1.165, 1.54) is 4.90 Å². The van der Waals surface area contributed by atoms with E-state index in [4.69, 9.17) is 4.42 Å². The lowest BCUT2D eigenvalue weighted by Gasteiger charge is -2.08. The molecule has 0 amide bonds. The summed E-state index contributed by atoms with van der Waals surface area (Å²) < 4.78 is 5.19. The zero-order chi connectivity index (χ0) is 11.2. The quantitative estimate of drug-likeness (QED) is 0.807. The van der Waals surface area contributed by atoms with Crippen molar-refractivity contribution >= 4 is 11.8 Å². The van der Waals surface area contributed by atoms with Crippen molar-refractivity contribution < 1.29 is 9.52 Å². The maximum atomic E-state index is 9.80. The molecule has 0 aliphatic rings. The van der Waals surface area contributed by atoms with Gasteiger partial charge in [0.15, 0.2) is 0 Å². The lowest BCUT2D eigenvalue weighted by molar-refractivity contribution is 0.192. The number of aliphatic hydroxyl groups is 1. The molecule has 1 atom stereocenters. The van der Waals surface area contributed by atoms with Crippen LogP contribution in [0.2, 0.25) is 0 Å². The van der Waals surface area contributed by atoms with Crippen LogP contribution in [0.1, 0.15) is 5.76 Å². The second-order valence-electron chi connectivity index (χ2n) is 3.56. The fraction of sp³-hybridized carbons (Fsp3) is 0.231. The van der Waals surface area contributed by atoms with E-state index in [1.54, 1.807) is 18.0 Å². The molecule has 1 unspecified atom stereocenters. The topological polar surface area (TPSA) is 33.4 Å². The standard InChI is InChI=1S/C13H14O2S/c14-11(9-12-5-4-8-15-12)10-16-13-6-2-1-3-7-13/h1-8,11,14H,9-10H2. The zero-order valence-corrected chi connectivity index (χ0v) is 9.69. The molecule has 84 valence electrons. The summed E-state index contributed by atoms with van der Waals surface area (Å²) >= 11 is 1.66. The van der Waals surface area contributed by atoms with Gasteiger partial charge in [0.25, 0.3) is 0 Å². The molecule has 0 spiro atoms. The highest BCUT2D eigenvalue weighted by Gasteiger charge is 2.07. The molecule has 0 aliphatic heterocycles. The van der Waals surface area contributed by atoms with Gasteiger partial charge in [0.1, 0.15) is 5.76 Å². The van der Waals surface area contributed by atoms with E-state index in [1.807, 2.05) is 42.5 Å². The Hall–Kier alpha value is -1.19. The third-order valence-corrected chi connectivity index (χ3v) is 3.36. The van der Waals surface area contributed by atoms with Crippen LogP contribution in [-0.2, 0) is 6.42 Å². The van der Waals surface area contributed by atoms with E-state index in [0.717, 1.165) is 5.76 Å². The Kier molecular flexibility index (Phi) is 4.08. The van der Waals surface area contributed by atoms with Crippen LogP contribution in [0.25, 0.3) is 0 Å². The minimum absolute atomic E-state index is 0.364. The SMILES string of the molecule is OC(CSc1ccccc1)Cc1ccco1. The number of furan rings is 1. The van der Waals surface area contributed by atoms with Gasteiger partial charge in [-0.15, -0.1) is 11.8 Å². The monoisotopic (exact) mass is 234 g/mol. The average Bonchev–Trinajstić information content (AvgIpc) is 2.81. The molecule has 1 aromatic carbocycles. The highest BCUT2D eigenvalue weighted by molar-refractivity contribution is 7.99. The number of thioether (sulfide) groups is 1. The Morgan fingerprint density at radius 1 is 1.12 bits per heavy atom.